The maximum atomic E-state index is 5.56. The van der Waals surface area contributed by atoms with Crippen molar-refractivity contribution in [2.45, 2.75) is 25.8 Å². The molecule has 1 heterocycles. The van der Waals surface area contributed by atoms with Crippen LogP contribution in [-0.4, -0.2) is 41.6 Å². The summed E-state index contributed by atoms with van der Waals surface area (Å²) in [4.78, 5) is 6.39. The van der Waals surface area contributed by atoms with Crippen LogP contribution in [0.1, 0.15) is 25.1 Å². The molecule has 0 fully saturated rings. The number of rotatable bonds is 6. The Labute approximate surface area is 92.1 Å². The van der Waals surface area contributed by atoms with E-state index in [0.29, 0.717) is 12.6 Å². The van der Waals surface area contributed by atoms with Gasteiger partial charge in [0.1, 0.15) is 0 Å². The van der Waals surface area contributed by atoms with Crippen LogP contribution in [0.2, 0.25) is 0 Å². The molecule has 0 spiro atoms. The van der Waals surface area contributed by atoms with Gasteiger partial charge < -0.3 is 15.2 Å². The van der Waals surface area contributed by atoms with Crippen LogP contribution in [0.25, 0.3) is 0 Å². The number of imidazole rings is 1. The Kier molecular flexibility index (Phi) is 4.78. The fourth-order valence-electron chi connectivity index (χ4n) is 1.65. The van der Waals surface area contributed by atoms with Crippen molar-refractivity contribution >= 4 is 0 Å². The van der Waals surface area contributed by atoms with Gasteiger partial charge in [-0.05, 0) is 40.5 Å². The van der Waals surface area contributed by atoms with E-state index in [1.54, 1.807) is 0 Å². The first kappa shape index (κ1) is 12.2. The lowest BCUT2D eigenvalue weighted by molar-refractivity contribution is 0.355. The van der Waals surface area contributed by atoms with E-state index in [9.17, 15) is 0 Å². The van der Waals surface area contributed by atoms with Crippen molar-refractivity contribution in [3.8, 4) is 0 Å². The Balaban J connectivity index is 2.56. The van der Waals surface area contributed by atoms with Crippen LogP contribution >= 0.6 is 0 Å². The van der Waals surface area contributed by atoms with Crippen molar-refractivity contribution in [3.63, 3.8) is 0 Å². The first-order chi connectivity index (χ1) is 7.15. The molecule has 4 nitrogen and oxygen atoms in total. The van der Waals surface area contributed by atoms with Crippen molar-refractivity contribution in [1.82, 2.24) is 14.5 Å². The van der Waals surface area contributed by atoms with E-state index in [4.69, 9.17) is 5.73 Å². The highest BCUT2D eigenvalue weighted by atomic mass is 15.1. The summed E-state index contributed by atoms with van der Waals surface area (Å²) in [6.45, 7) is 4.01. The van der Waals surface area contributed by atoms with Crippen LogP contribution in [0.3, 0.4) is 0 Å². The second kappa shape index (κ2) is 5.88. The molecule has 1 rings (SSSR count). The molecule has 0 aliphatic heterocycles. The van der Waals surface area contributed by atoms with Gasteiger partial charge in [0, 0.05) is 24.4 Å². The van der Waals surface area contributed by atoms with Crippen molar-refractivity contribution < 1.29 is 0 Å². The smallest absolute Gasteiger partial charge is 0.0950 e. The second-order valence-corrected chi connectivity index (χ2v) is 4.27. The third-order valence-corrected chi connectivity index (χ3v) is 2.62. The van der Waals surface area contributed by atoms with E-state index in [1.807, 2.05) is 12.5 Å². The van der Waals surface area contributed by atoms with Gasteiger partial charge in [0.25, 0.3) is 0 Å². The molecule has 0 radical (unpaired) electrons. The molecule has 15 heavy (non-hydrogen) atoms. The van der Waals surface area contributed by atoms with Crippen molar-refractivity contribution in [2.75, 3.05) is 27.2 Å². The van der Waals surface area contributed by atoms with Crippen molar-refractivity contribution in [2.24, 2.45) is 5.73 Å². The minimum Gasteiger partial charge on any atom is -0.332 e. The molecule has 1 aromatic heterocycles. The van der Waals surface area contributed by atoms with Gasteiger partial charge >= 0.3 is 0 Å². The number of hydrogen-bond acceptors (Lipinski definition) is 3. The average molecular weight is 210 g/mol. The number of nitrogens with two attached hydrogens (primary N) is 1. The summed E-state index contributed by atoms with van der Waals surface area (Å²) in [5.74, 6) is 0. The van der Waals surface area contributed by atoms with Crippen LogP contribution in [0.5, 0.6) is 0 Å². The van der Waals surface area contributed by atoms with Crippen LogP contribution in [0.4, 0.5) is 0 Å². The zero-order valence-electron chi connectivity index (χ0n) is 9.98. The second-order valence-electron chi connectivity index (χ2n) is 4.27. The van der Waals surface area contributed by atoms with E-state index in [1.165, 1.54) is 5.69 Å². The van der Waals surface area contributed by atoms with Crippen LogP contribution in [0, 0.1) is 0 Å². The molecule has 0 aliphatic carbocycles. The summed E-state index contributed by atoms with van der Waals surface area (Å²) in [5.41, 5.74) is 6.80. The summed E-state index contributed by atoms with van der Waals surface area (Å²) in [6, 6.07) is 0.497. The summed E-state index contributed by atoms with van der Waals surface area (Å²) in [6.07, 6.45) is 5.87. The van der Waals surface area contributed by atoms with Gasteiger partial charge in [0.15, 0.2) is 0 Å². The maximum absolute atomic E-state index is 5.56. The minimum atomic E-state index is 0.497. The zero-order chi connectivity index (χ0) is 11.3. The summed E-state index contributed by atoms with van der Waals surface area (Å²) in [5, 5.41) is 0. The Morgan fingerprint density at radius 3 is 2.87 bits per heavy atom. The Morgan fingerprint density at radius 1 is 1.53 bits per heavy atom. The predicted octanol–water partition coefficient (Wildman–Crippen LogP) is 0.897. The van der Waals surface area contributed by atoms with E-state index in [0.717, 1.165) is 19.4 Å². The largest absolute Gasteiger partial charge is 0.332 e. The lowest BCUT2D eigenvalue weighted by Gasteiger charge is -2.18. The van der Waals surface area contributed by atoms with Crippen molar-refractivity contribution in [1.29, 1.82) is 0 Å². The molecule has 0 saturated carbocycles. The highest BCUT2D eigenvalue weighted by Crippen LogP contribution is 2.14. The summed E-state index contributed by atoms with van der Waals surface area (Å²) in [7, 11) is 4.20. The molecule has 2 N–H and O–H groups in total. The van der Waals surface area contributed by atoms with Gasteiger partial charge in [-0.15, -0.1) is 0 Å². The molecule has 0 saturated heterocycles. The Hall–Kier alpha value is -0.870. The van der Waals surface area contributed by atoms with Gasteiger partial charge in [0.2, 0.25) is 0 Å². The highest BCUT2D eigenvalue weighted by molar-refractivity contribution is 5.00. The summed E-state index contributed by atoms with van der Waals surface area (Å²) >= 11 is 0. The molecular formula is C11H22N4. The van der Waals surface area contributed by atoms with Crippen LogP contribution in [-0.2, 0) is 6.42 Å². The van der Waals surface area contributed by atoms with Gasteiger partial charge in [-0.3, -0.25) is 0 Å². The molecule has 1 unspecified atom stereocenters. The topological polar surface area (TPSA) is 47.1 Å². The molecule has 0 aromatic carbocycles. The van der Waals surface area contributed by atoms with Crippen LogP contribution < -0.4 is 5.73 Å². The monoisotopic (exact) mass is 210 g/mol. The SMILES string of the molecule is CC(CCN(C)C)n1cncc1CCN. The quantitative estimate of drug-likeness (QED) is 0.759. The fourth-order valence-corrected chi connectivity index (χ4v) is 1.65. The third kappa shape index (κ3) is 3.64. The predicted molar refractivity (Wildman–Crippen MR) is 62.9 cm³/mol. The standard InChI is InChI=1S/C11H22N4/c1-10(5-7-14(2)3)15-9-13-8-11(15)4-6-12/h8-10H,4-7,12H2,1-3H3. The Morgan fingerprint density at radius 2 is 2.27 bits per heavy atom. The van der Waals surface area contributed by atoms with Gasteiger partial charge in [0.05, 0.1) is 6.33 Å². The molecule has 4 heteroatoms. The first-order valence-electron chi connectivity index (χ1n) is 5.50. The fraction of sp³-hybridized carbons (Fsp3) is 0.727. The third-order valence-electron chi connectivity index (χ3n) is 2.62. The van der Waals surface area contributed by atoms with Gasteiger partial charge in [-0.1, -0.05) is 0 Å². The lowest BCUT2D eigenvalue weighted by Crippen LogP contribution is -2.18. The normalized spacial score (nSPS) is 13.4. The lowest BCUT2D eigenvalue weighted by atomic mass is 10.2. The van der Waals surface area contributed by atoms with E-state index in [2.05, 4.69) is 35.5 Å². The molecule has 1 aromatic rings. The van der Waals surface area contributed by atoms with E-state index in [-0.39, 0.29) is 0 Å². The summed E-state index contributed by atoms with van der Waals surface area (Å²) < 4.78 is 2.23. The average Bonchev–Trinajstić information content (AvgIpc) is 2.63. The molecule has 0 amide bonds. The molecule has 86 valence electrons. The molecular weight excluding hydrogens is 188 g/mol. The first-order valence-corrected chi connectivity index (χ1v) is 5.50. The number of hydrogen-bond donors (Lipinski definition) is 1. The Bertz CT molecular complexity index is 280. The minimum absolute atomic E-state index is 0.497. The van der Waals surface area contributed by atoms with Crippen LogP contribution in [0.15, 0.2) is 12.5 Å². The van der Waals surface area contributed by atoms with Gasteiger partial charge in [-0.2, -0.15) is 0 Å². The maximum Gasteiger partial charge on any atom is 0.0950 e. The van der Waals surface area contributed by atoms with E-state index >= 15 is 0 Å². The number of aromatic nitrogens is 2. The molecule has 0 aliphatic rings. The number of nitrogens with zero attached hydrogens (tertiary/aromatic N) is 3. The molecule has 0 bridgehead atoms. The van der Waals surface area contributed by atoms with E-state index < -0.39 is 0 Å². The van der Waals surface area contributed by atoms with Gasteiger partial charge in [-0.25, -0.2) is 4.98 Å². The van der Waals surface area contributed by atoms with Crippen molar-refractivity contribution in [3.05, 3.63) is 18.2 Å². The molecule has 1 atom stereocenters. The zero-order valence-corrected chi connectivity index (χ0v) is 9.98. The highest BCUT2D eigenvalue weighted by Gasteiger charge is 2.08.